The summed E-state index contributed by atoms with van der Waals surface area (Å²) in [7, 11) is 1.37. The SMILES string of the molecule is COC(=O)c1c(NC(=O)[C@H]2CCCC[C@H]2C(=O)O)sc2c1CCCCCCCCCC2. The molecule has 2 aliphatic carbocycles. The van der Waals surface area contributed by atoms with Gasteiger partial charge in [0.1, 0.15) is 5.00 Å². The fourth-order valence-corrected chi connectivity index (χ4v) is 6.26. The van der Waals surface area contributed by atoms with Crippen LogP contribution in [0.2, 0.25) is 0 Å². The van der Waals surface area contributed by atoms with Crippen LogP contribution in [0.4, 0.5) is 5.00 Å². The molecule has 2 N–H and O–H groups in total. The molecule has 0 bridgehead atoms. The maximum Gasteiger partial charge on any atom is 0.341 e. The zero-order valence-corrected chi connectivity index (χ0v) is 19.4. The second-order valence-corrected chi connectivity index (χ2v) is 9.96. The minimum atomic E-state index is -0.911. The number of fused-ring (bicyclic) bond motifs is 1. The van der Waals surface area contributed by atoms with Gasteiger partial charge in [-0.15, -0.1) is 11.3 Å². The molecule has 1 amide bonds. The number of aliphatic carboxylic acids is 1. The number of thiophene rings is 1. The standard InChI is InChI=1S/C24H35NO5S/c1-30-24(29)20-18-14-8-6-4-2-3-5-7-9-15-19(18)31-22(20)25-21(26)16-12-10-11-13-17(16)23(27)28/h16-17H,2-15H2,1H3,(H,25,26)(H,27,28)/t16-,17+/m0/s1. The van der Waals surface area contributed by atoms with Crippen LogP contribution < -0.4 is 5.32 Å². The van der Waals surface area contributed by atoms with Crippen LogP contribution in [0.5, 0.6) is 0 Å². The summed E-state index contributed by atoms with van der Waals surface area (Å²) < 4.78 is 5.08. The average molecular weight is 450 g/mol. The van der Waals surface area contributed by atoms with E-state index in [4.69, 9.17) is 4.74 Å². The van der Waals surface area contributed by atoms with Gasteiger partial charge in [0.15, 0.2) is 0 Å². The average Bonchev–Trinajstić information content (AvgIpc) is 3.09. The Labute approximate surface area is 188 Å². The van der Waals surface area contributed by atoms with E-state index in [1.54, 1.807) is 0 Å². The summed E-state index contributed by atoms with van der Waals surface area (Å²) in [6.45, 7) is 0. The second-order valence-electron chi connectivity index (χ2n) is 8.85. The Bertz CT molecular complexity index is 787. The van der Waals surface area contributed by atoms with Gasteiger partial charge in [0.25, 0.3) is 0 Å². The Balaban J connectivity index is 1.87. The molecule has 2 atom stereocenters. The van der Waals surface area contributed by atoms with Crippen molar-refractivity contribution in [3.05, 3.63) is 16.0 Å². The lowest BCUT2D eigenvalue weighted by molar-refractivity contribution is -0.147. The topological polar surface area (TPSA) is 92.7 Å². The van der Waals surface area contributed by atoms with Crippen molar-refractivity contribution in [2.24, 2.45) is 11.8 Å². The third-order valence-corrected chi connectivity index (χ3v) is 7.92. The molecule has 7 heteroatoms. The van der Waals surface area contributed by atoms with E-state index in [1.807, 2.05) is 0 Å². The second kappa shape index (κ2) is 11.7. The number of methoxy groups -OCH3 is 1. The van der Waals surface area contributed by atoms with Crippen LogP contribution in [-0.4, -0.2) is 30.1 Å². The Morgan fingerprint density at radius 1 is 0.871 bits per heavy atom. The van der Waals surface area contributed by atoms with Crippen LogP contribution in [-0.2, 0) is 27.2 Å². The van der Waals surface area contributed by atoms with Gasteiger partial charge in [-0.1, -0.05) is 51.4 Å². The molecule has 0 unspecified atom stereocenters. The van der Waals surface area contributed by atoms with Crippen LogP contribution in [0.15, 0.2) is 0 Å². The summed E-state index contributed by atoms with van der Waals surface area (Å²) in [6.07, 6.45) is 13.9. The molecule has 172 valence electrons. The Morgan fingerprint density at radius 2 is 1.45 bits per heavy atom. The molecule has 1 fully saturated rings. The molecule has 0 aliphatic heterocycles. The molecule has 6 nitrogen and oxygen atoms in total. The van der Waals surface area contributed by atoms with Gasteiger partial charge < -0.3 is 15.2 Å². The summed E-state index contributed by atoms with van der Waals surface area (Å²) in [5.74, 6) is -2.82. The molecule has 1 saturated carbocycles. The zero-order chi connectivity index (χ0) is 22.2. The number of carbonyl (C=O) groups excluding carboxylic acids is 2. The van der Waals surface area contributed by atoms with E-state index in [0.29, 0.717) is 23.4 Å². The molecule has 0 aromatic carbocycles. The highest BCUT2D eigenvalue weighted by atomic mass is 32.1. The highest BCUT2D eigenvalue weighted by Crippen LogP contribution is 2.38. The summed E-state index contributed by atoms with van der Waals surface area (Å²) in [5.41, 5.74) is 1.50. The number of carboxylic acid groups (broad SMARTS) is 1. The molecule has 3 rings (SSSR count). The number of hydrogen-bond donors (Lipinski definition) is 2. The van der Waals surface area contributed by atoms with Gasteiger partial charge in [-0.2, -0.15) is 0 Å². The third kappa shape index (κ3) is 6.09. The van der Waals surface area contributed by atoms with Crippen LogP contribution in [0, 0.1) is 11.8 Å². The van der Waals surface area contributed by atoms with E-state index in [1.165, 1.54) is 50.6 Å². The zero-order valence-electron chi connectivity index (χ0n) is 18.5. The molecule has 1 aromatic heterocycles. The smallest absolute Gasteiger partial charge is 0.341 e. The van der Waals surface area contributed by atoms with E-state index in [2.05, 4.69) is 5.32 Å². The lowest BCUT2D eigenvalue weighted by atomic mass is 9.78. The first-order valence-electron chi connectivity index (χ1n) is 11.8. The number of carbonyl (C=O) groups is 3. The minimum absolute atomic E-state index is 0.283. The van der Waals surface area contributed by atoms with E-state index >= 15 is 0 Å². The fraction of sp³-hybridized carbons (Fsp3) is 0.708. The molecule has 2 aliphatic rings. The molecule has 0 spiro atoms. The predicted octanol–water partition coefficient (Wildman–Crippen LogP) is 5.58. The number of aryl methyl sites for hydroxylation is 1. The third-order valence-electron chi connectivity index (χ3n) is 6.72. The van der Waals surface area contributed by atoms with Gasteiger partial charge in [0.05, 0.1) is 24.5 Å². The van der Waals surface area contributed by atoms with E-state index in [-0.39, 0.29) is 5.91 Å². The fourth-order valence-electron chi connectivity index (χ4n) is 4.98. The molecular formula is C24H35NO5S. The molecule has 31 heavy (non-hydrogen) atoms. The maximum atomic E-state index is 13.1. The number of rotatable bonds is 4. The monoisotopic (exact) mass is 449 g/mol. The molecular weight excluding hydrogens is 414 g/mol. The van der Waals surface area contributed by atoms with E-state index in [9.17, 15) is 19.5 Å². The summed E-state index contributed by atoms with van der Waals surface area (Å²) in [5, 5.41) is 13.0. The number of anilines is 1. The van der Waals surface area contributed by atoms with Crippen molar-refractivity contribution in [1.82, 2.24) is 0 Å². The quantitative estimate of drug-likeness (QED) is 0.585. The highest BCUT2D eigenvalue weighted by molar-refractivity contribution is 7.17. The molecule has 0 saturated heterocycles. The van der Waals surface area contributed by atoms with Crippen molar-refractivity contribution in [1.29, 1.82) is 0 Å². The van der Waals surface area contributed by atoms with E-state index in [0.717, 1.165) is 55.4 Å². The van der Waals surface area contributed by atoms with Crippen molar-refractivity contribution < 1.29 is 24.2 Å². The van der Waals surface area contributed by atoms with Gasteiger partial charge in [0.2, 0.25) is 5.91 Å². The van der Waals surface area contributed by atoms with Crippen molar-refractivity contribution in [2.75, 3.05) is 12.4 Å². The lowest BCUT2D eigenvalue weighted by Crippen LogP contribution is -2.36. The Morgan fingerprint density at radius 3 is 2.06 bits per heavy atom. The number of ether oxygens (including phenoxy) is 1. The molecule has 1 heterocycles. The van der Waals surface area contributed by atoms with Gasteiger partial charge in [-0.05, 0) is 44.1 Å². The summed E-state index contributed by atoms with van der Waals surface area (Å²) in [4.78, 5) is 38.6. The molecule has 0 radical (unpaired) electrons. The lowest BCUT2D eigenvalue weighted by Gasteiger charge is -2.27. The van der Waals surface area contributed by atoms with Crippen LogP contribution in [0.25, 0.3) is 0 Å². The van der Waals surface area contributed by atoms with Crippen LogP contribution in [0.1, 0.15) is 97.8 Å². The molecule has 1 aromatic rings. The maximum absolute atomic E-state index is 13.1. The Hall–Kier alpha value is -1.89. The first kappa shape index (κ1) is 23.8. The first-order chi connectivity index (χ1) is 15.0. The van der Waals surface area contributed by atoms with Gasteiger partial charge in [-0.3, -0.25) is 9.59 Å². The van der Waals surface area contributed by atoms with Crippen molar-refractivity contribution in [3.63, 3.8) is 0 Å². The number of amides is 1. The highest BCUT2D eigenvalue weighted by Gasteiger charge is 2.36. The van der Waals surface area contributed by atoms with Crippen molar-refractivity contribution >= 4 is 34.2 Å². The minimum Gasteiger partial charge on any atom is -0.481 e. The van der Waals surface area contributed by atoms with Crippen LogP contribution >= 0.6 is 11.3 Å². The number of nitrogens with one attached hydrogen (secondary N) is 1. The van der Waals surface area contributed by atoms with E-state index < -0.39 is 23.8 Å². The Kier molecular flexibility index (Phi) is 8.93. The predicted molar refractivity (Wildman–Crippen MR) is 122 cm³/mol. The van der Waals surface area contributed by atoms with Gasteiger partial charge in [0, 0.05) is 4.88 Å². The number of hydrogen-bond acceptors (Lipinski definition) is 5. The summed E-state index contributed by atoms with van der Waals surface area (Å²) in [6, 6.07) is 0. The largest absolute Gasteiger partial charge is 0.481 e. The van der Waals surface area contributed by atoms with Crippen molar-refractivity contribution in [2.45, 2.75) is 89.9 Å². The van der Waals surface area contributed by atoms with Crippen LogP contribution in [0.3, 0.4) is 0 Å². The normalized spacial score (nSPS) is 23.0. The number of esters is 1. The van der Waals surface area contributed by atoms with Gasteiger partial charge in [-0.25, -0.2) is 4.79 Å². The first-order valence-corrected chi connectivity index (χ1v) is 12.6. The van der Waals surface area contributed by atoms with Gasteiger partial charge >= 0.3 is 11.9 Å². The number of carboxylic acids is 1. The van der Waals surface area contributed by atoms with Crippen molar-refractivity contribution in [3.8, 4) is 0 Å². The summed E-state index contributed by atoms with van der Waals surface area (Å²) >= 11 is 1.48.